The fraction of sp³-hybridized carbons (Fsp3) is 0. The summed E-state index contributed by atoms with van der Waals surface area (Å²) < 4.78 is 62.5. The summed E-state index contributed by atoms with van der Waals surface area (Å²) in [4.78, 5) is -1.19. The number of fused-ring (bicyclic) bond motifs is 1. The molecule has 6 nitrogen and oxygen atoms in total. The lowest BCUT2D eigenvalue weighted by Crippen LogP contribution is -2.13. The zero-order chi connectivity index (χ0) is 19.1. The number of phenolic OH excluding ortho intramolecular Hbond substituents is 1. The molecule has 26 heavy (non-hydrogen) atoms. The molecular weight excluding hydrogens is 405 g/mol. The van der Waals surface area contributed by atoms with Crippen molar-refractivity contribution >= 4 is 48.3 Å². The zero-order valence-corrected chi connectivity index (χ0v) is 15.2. The molecule has 3 aromatic rings. The van der Waals surface area contributed by atoms with Gasteiger partial charge in [-0.25, -0.2) is 8.42 Å². The first-order valence-electron chi connectivity index (χ1n) is 7.07. The minimum Gasteiger partial charge on any atom is -0.506 e. The van der Waals surface area contributed by atoms with E-state index in [-0.39, 0.29) is 16.5 Å². The van der Waals surface area contributed by atoms with Crippen LogP contribution in [-0.2, 0) is 20.2 Å². The van der Waals surface area contributed by atoms with Crippen molar-refractivity contribution in [3.63, 3.8) is 0 Å². The third-order valence-corrected chi connectivity index (χ3v) is 6.11. The van der Waals surface area contributed by atoms with Crippen LogP contribution >= 0.6 is 11.6 Å². The summed E-state index contributed by atoms with van der Waals surface area (Å²) in [6, 6.07) is 11.4. The van der Waals surface area contributed by atoms with Crippen molar-refractivity contribution < 1.29 is 25.8 Å². The maximum Gasteiger partial charge on any atom is 0.332 e. The number of hydrogen-bond donors (Lipinski definition) is 2. The third-order valence-electron chi connectivity index (χ3n) is 3.63. The molecule has 0 spiro atoms. The van der Waals surface area contributed by atoms with E-state index in [9.17, 15) is 25.8 Å². The molecule has 0 aliphatic carbocycles. The second kappa shape index (κ2) is 6.42. The normalized spacial score (nSPS) is 12.2. The summed E-state index contributed by atoms with van der Waals surface area (Å²) >= 11 is 5.85. The van der Waals surface area contributed by atoms with Gasteiger partial charge in [0.2, 0.25) is 0 Å². The number of hydrogen-bond acceptors (Lipinski definition) is 5. The Kier molecular flexibility index (Phi) is 4.55. The lowest BCUT2D eigenvalue weighted by Gasteiger charge is -2.12. The average molecular weight is 416 g/mol. The number of anilines is 1. The highest BCUT2D eigenvalue weighted by Gasteiger charge is 2.20. The van der Waals surface area contributed by atoms with E-state index in [1.54, 1.807) is 6.07 Å². The van der Waals surface area contributed by atoms with Crippen LogP contribution in [0.1, 0.15) is 0 Å². The van der Waals surface area contributed by atoms with E-state index < -0.39 is 30.0 Å². The van der Waals surface area contributed by atoms with Crippen LogP contribution in [0.5, 0.6) is 5.75 Å². The quantitative estimate of drug-likeness (QED) is 0.633. The lowest BCUT2D eigenvalue weighted by atomic mass is 10.1. The van der Waals surface area contributed by atoms with Crippen molar-refractivity contribution in [3.8, 4) is 5.75 Å². The van der Waals surface area contributed by atoms with Gasteiger partial charge in [-0.1, -0.05) is 35.9 Å². The number of nitrogens with one attached hydrogen (secondary N) is 1. The molecule has 0 aliphatic heterocycles. The van der Waals surface area contributed by atoms with Gasteiger partial charge in [0.25, 0.3) is 10.0 Å². The Morgan fingerprint density at radius 3 is 2.23 bits per heavy atom. The molecule has 136 valence electrons. The zero-order valence-electron chi connectivity index (χ0n) is 12.8. The molecule has 0 aromatic heterocycles. The minimum absolute atomic E-state index is 0.110. The van der Waals surface area contributed by atoms with Crippen LogP contribution in [-0.4, -0.2) is 21.9 Å². The largest absolute Gasteiger partial charge is 0.506 e. The summed E-state index contributed by atoms with van der Waals surface area (Å²) in [6.45, 7) is 0. The highest BCUT2D eigenvalue weighted by molar-refractivity contribution is 7.92. The molecule has 0 unspecified atom stereocenters. The summed E-state index contributed by atoms with van der Waals surface area (Å²) in [5.41, 5.74) is 0.142. The second-order valence-corrected chi connectivity index (χ2v) is 8.75. The minimum atomic E-state index is -5.04. The summed E-state index contributed by atoms with van der Waals surface area (Å²) in [5, 5.41) is 10.8. The first kappa shape index (κ1) is 18.4. The van der Waals surface area contributed by atoms with E-state index in [4.69, 9.17) is 11.6 Å². The molecule has 3 aromatic carbocycles. The summed E-state index contributed by atoms with van der Waals surface area (Å²) in [7, 11) is -9.25. The van der Waals surface area contributed by atoms with Crippen LogP contribution in [0.15, 0.2) is 64.4 Å². The van der Waals surface area contributed by atoms with E-state index >= 15 is 0 Å². The molecule has 0 radical (unpaired) electrons. The number of benzene rings is 3. The fourth-order valence-corrected chi connectivity index (χ4v) is 4.27. The maximum absolute atomic E-state index is 13.1. The Bertz CT molecular complexity index is 1230. The first-order valence-corrected chi connectivity index (χ1v) is 10.3. The lowest BCUT2D eigenvalue weighted by molar-refractivity contribution is 0.482. The summed E-state index contributed by atoms with van der Waals surface area (Å²) in [5.74, 6) is -0.198. The molecule has 0 saturated heterocycles. The smallest absolute Gasteiger partial charge is 0.332 e. The first-order chi connectivity index (χ1) is 12.1. The van der Waals surface area contributed by atoms with E-state index in [1.165, 1.54) is 24.3 Å². The van der Waals surface area contributed by atoms with Crippen LogP contribution < -0.4 is 4.72 Å². The molecule has 2 N–H and O–H groups in total. The average Bonchev–Trinajstić information content (AvgIpc) is 2.58. The molecule has 0 amide bonds. The van der Waals surface area contributed by atoms with E-state index in [1.807, 2.05) is 0 Å². The number of sulfonamides is 1. The monoisotopic (exact) mass is 415 g/mol. The Morgan fingerprint density at radius 1 is 0.885 bits per heavy atom. The Morgan fingerprint density at radius 2 is 1.54 bits per heavy atom. The van der Waals surface area contributed by atoms with Crippen molar-refractivity contribution in [1.82, 2.24) is 0 Å². The Hall–Kier alpha value is -2.36. The van der Waals surface area contributed by atoms with Gasteiger partial charge in [0, 0.05) is 10.8 Å². The van der Waals surface area contributed by atoms with Gasteiger partial charge in [-0.2, -0.15) is 8.42 Å². The van der Waals surface area contributed by atoms with Crippen LogP contribution in [0, 0.1) is 0 Å². The fourth-order valence-electron chi connectivity index (χ4n) is 2.40. The standard InChI is InChI=1S/C16H11ClFNO5S2/c17-14-8-7-12-13(16(14)20)5-2-6-15(12)19-26(23,24)11-4-1-3-10(9-11)25(18,21)22/h1-9,19-20H. The van der Waals surface area contributed by atoms with Crippen LogP contribution in [0.2, 0.25) is 5.02 Å². The predicted octanol–water partition coefficient (Wildman–Crippen LogP) is 3.66. The van der Waals surface area contributed by atoms with Crippen molar-refractivity contribution in [2.24, 2.45) is 0 Å². The van der Waals surface area contributed by atoms with Gasteiger partial charge in [0.05, 0.1) is 20.5 Å². The summed E-state index contributed by atoms with van der Waals surface area (Å²) in [6.07, 6.45) is 0. The van der Waals surface area contributed by atoms with Crippen LogP contribution in [0.3, 0.4) is 0 Å². The van der Waals surface area contributed by atoms with E-state index in [2.05, 4.69) is 4.72 Å². The number of phenols is 1. The molecule has 0 fully saturated rings. The number of aromatic hydroxyl groups is 1. The highest BCUT2D eigenvalue weighted by atomic mass is 35.5. The van der Waals surface area contributed by atoms with Gasteiger partial charge in [-0.3, -0.25) is 4.72 Å². The van der Waals surface area contributed by atoms with Gasteiger partial charge in [-0.15, -0.1) is 3.89 Å². The molecular formula is C16H11ClFNO5S2. The van der Waals surface area contributed by atoms with Gasteiger partial charge < -0.3 is 5.11 Å². The molecule has 0 bridgehead atoms. The van der Waals surface area contributed by atoms with Crippen molar-refractivity contribution in [2.45, 2.75) is 9.79 Å². The third kappa shape index (κ3) is 3.46. The van der Waals surface area contributed by atoms with Crippen LogP contribution in [0.25, 0.3) is 10.8 Å². The molecule has 0 saturated carbocycles. The van der Waals surface area contributed by atoms with E-state index in [0.717, 1.165) is 24.3 Å². The van der Waals surface area contributed by atoms with Crippen molar-refractivity contribution in [2.75, 3.05) is 4.72 Å². The Labute approximate surface area is 154 Å². The topological polar surface area (TPSA) is 101 Å². The second-order valence-electron chi connectivity index (χ2n) is 5.31. The molecule has 0 heterocycles. The van der Waals surface area contributed by atoms with Gasteiger partial charge >= 0.3 is 10.2 Å². The SMILES string of the molecule is O=S(=O)(F)c1cccc(S(=O)(=O)Nc2cccc3c(O)c(Cl)ccc23)c1. The van der Waals surface area contributed by atoms with E-state index in [0.29, 0.717) is 10.8 Å². The van der Waals surface area contributed by atoms with Crippen LogP contribution in [0.4, 0.5) is 9.57 Å². The van der Waals surface area contributed by atoms with Gasteiger partial charge in [0.15, 0.2) is 0 Å². The molecule has 0 aliphatic rings. The number of halogens is 2. The molecule has 0 atom stereocenters. The maximum atomic E-state index is 13.1. The predicted molar refractivity (Wildman–Crippen MR) is 96.2 cm³/mol. The van der Waals surface area contributed by atoms with Crippen molar-refractivity contribution in [3.05, 3.63) is 59.6 Å². The van der Waals surface area contributed by atoms with Gasteiger partial charge in [-0.05, 0) is 30.3 Å². The molecule has 3 rings (SSSR count). The highest BCUT2D eigenvalue weighted by Crippen LogP contribution is 2.36. The Balaban J connectivity index is 2.09. The number of rotatable bonds is 4. The molecule has 10 heteroatoms. The van der Waals surface area contributed by atoms with Crippen molar-refractivity contribution in [1.29, 1.82) is 0 Å². The van der Waals surface area contributed by atoms with Gasteiger partial charge in [0.1, 0.15) is 5.75 Å².